The number of nitrogens with zero attached hydrogens (tertiary/aromatic N) is 3. The molecule has 0 fully saturated rings. The number of fused-ring (bicyclic) bond motifs is 7. The molecule has 0 N–H and O–H groups in total. The van der Waals surface area contributed by atoms with Gasteiger partial charge in [0.15, 0.2) is 5.82 Å². The van der Waals surface area contributed by atoms with Crippen LogP contribution in [0.2, 0.25) is 0 Å². The smallest absolute Gasteiger partial charge is 0.162 e. The second-order valence-electron chi connectivity index (χ2n) is 12.3. The van der Waals surface area contributed by atoms with Crippen LogP contribution in [-0.4, -0.2) is 14.5 Å². The van der Waals surface area contributed by atoms with E-state index in [4.69, 9.17) is 9.97 Å². The monoisotopic (exact) mass is 563 g/mol. The molecule has 8 aromatic rings. The lowest BCUT2D eigenvalue weighted by Crippen LogP contribution is -2.15. The summed E-state index contributed by atoms with van der Waals surface area (Å²) in [5, 5.41) is 4.84. The lowest BCUT2D eigenvalue weighted by Gasteiger charge is -2.21. The number of hydrogen-bond acceptors (Lipinski definition) is 2. The van der Waals surface area contributed by atoms with Gasteiger partial charge in [-0.2, -0.15) is 0 Å². The van der Waals surface area contributed by atoms with E-state index in [1.165, 1.54) is 43.8 Å². The number of benzene rings is 6. The van der Waals surface area contributed by atoms with Crippen molar-refractivity contribution in [2.75, 3.05) is 0 Å². The first-order chi connectivity index (χ1) is 21.6. The van der Waals surface area contributed by atoms with Crippen molar-refractivity contribution in [2.45, 2.75) is 19.3 Å². The fourth-order valence-corrected chi connectivity index (χ4v) is 7.17. The lowest BCUT2D eigenvalue weighted by molar-refractivity contribution is 0.661. The van der Waals surface area contributed by atoms with E-state index in [2.05, 4.69) is 152 Å². The van der Waals surface area contributed by atoms with Crippen LogP contribution in [0, 0.1) is 0 Å². The van der Waals surface area contributed by atoms with Gasteiger partial charge in [-0.3, -0.25) is 4.57 Å². The van der Waals surface area contributed by atoms with E-state index < -0.39 is 0 Å². The van der Waals surface area contributed by atoms with Crippen molar-refractivity contribution in [3.63, 3.8) is 0 Å². The quantitative estimate of drug-likeness (QED) is 0.214. The zero-order valence-corrected chi connectivity index (χ0v) is 24.6. The molecular formula is C41H29N3. The maximum atomic E-state index is 5.30. The van der Waals surface area contributed by atoms with Crippen LogP contribution in [0.15, 0.2) is 140 Å². The largest absolute Gasteiger partial charge is 0.294 e. The Morgan fingerprint density at radius 2 is 1.25 bits per heavy atom. The summed E-state index contributed by atoms with van der Waals surface area (Å²) in [6, 6.07) is 49.8. The molecule has 0 radical (unpaired) electrons. The van der Waals surface area contributed by atoms with E-state index in [1.807, 2.05) is 6.07 Å². The van der Waals surface area contributed by atoms with Gasteiger partial charge in [-0.15, -0.1) is 0 Å². The summed E-state index contributed by atoms with van der Waals surface area (Å²) in [6.45, 7) is 4.68. The highest BCUT2D eigenvalue weighted by atomic mass is 15.1. The van der Waals surface area contributed by atoms with Crippen molar-refractivity contribution < 1.29 is 0 Å². The second-order valence-corrected chi connectivity index (χ2v) is 12.3. The molecule has 2 heterocycles. The van der Waals surface area contributed by atoms with Gasteiger partial charge in [0.2, 0.25) is 0 Å². The van der Waals surface area contributed by atoms with E-state index >= 15 is 0 Å². The molecule has 1 aliphatic carbocycles. The van der Waals surface area contributed by atoms with Gasteiger partial charge in [0.25, 0.3) is 0 Å². The van der Waals surface area contributed by atoms with Gasteiger partial charge >= 0.3 is 0 Å². The minimum absolute atomic E-state index is 0.0987. The minimum Gasteiger partial charge on any atom is -0.294 e. The second kappa shape index (κ2) is 9.23. The van der Waals surface area contributed by atoms with Gasteiger partial charge in [-0.05, 0) is 57.3 Å². The van der Waals surface area contributed by atoms with E-state index in [-0.39, 0.29) is 5.41 Å². The number of para-hydroxylation sites is 1. The molecule has 0 atom stereocenters. The van der Waals surface area contributed by atoms with Gasteiger partial charge < -0.3 is 0 Å². The van der Waals surface area contributed by atoms with Crippen LogP contribution in [-0.2, 0) is 5.41 Å². The van der Waals surface area contributed by atoms with Crippen LogP contribution in [0.1, 0.15) is 25.0 Å². The number of hydrogen-bond donors (Lipinski definition) is 0. The predicted octanol–water partition coefficient (Wildman–Crippen LogP) is 10.4. The molecule has 0 unspecified atom stereocenters. The Kier molecular flexibility index (Phi) is 5.24. The molecule has 0 saturated heterocycles. The van der Waals surface area contributed by atoms with Crippen molar-refractivity contribution in [2.24, 2.45) is 0 Å². The average molecular weight is 564 g/mol. The summed E-state index contributed by atoms with van der Waals surface area (Å²) in [5.41, 5.74) is 10.6. The summed E-state index contributed by atoms with van der Waals surface area (Å²) in [4.78, 5) is 10.4. The van der Waals surface area contributed by atoms with Crippen molar-refractivity contribution in [1.29, 1.82) is 0 Å². The molecule has 3 heteroatoms. The van der Waals surface area contributed by atoms with Crippen LogP contribution in [0.3, 0.4) is 0 Å². The molecule has 0 bridgehead atoms. The first-order valence-corrected chi connectivity index (χ1v) is 15.2. The van der Waals surface area contributed by atoms with Crippen LogP contribution in [0.25, 0.3) is 72.2 Å². The Morgan fingerprint density at radius 1 is 0.500 bits per heavy atom. The number of rotatable bonds is 3. The zero-order valence-electron chi connectivity index (χ0n) is 24.6. The van der Waals surface area contributed by atoms with Crippen molar-refractivity contribution in [3.8, 4) is 39.6 Å². The third kappa shape index (κ3) is 3.62. The Morgan fingerprint density at radius 3 is 2.14 bits per heavy atom. The van der Waals surface area contributed by atoms with Gasteiger partial charge in [0.1, 0.15) is 5.82 Å². The van der Waals surface area contributed by atoms with Crippen molar-refractivity contribution in [3.05, 3.63) is 151 Å². The summed E-state index contributed by atoms with van der Waals surface area (Å²) < 4.78 is 2.34. The SMILES string of the molecule is CC1(C)c2ccccc2-c2cc3c4ccccc4n(-c4cc(-c5ccccc5)nc(-c5ccc6ccccc6c5)n4)c3cc21. The molecule has 0 amide bonds. The molecule has 1 aliphatic rings. The maximum absolute atomic E-state index is 5.30. The minimum atomic E-state index is -0.0987. The van der Waals surface area contributed by atoms with Gasteiger partial charge in [0, 0.05) is 33.4 Å². The summed E-state index contributed by atoms with van der Waals surface area (Å²) in [7, 11) is 0. The molecule has 2 aromatic heterocycles. The Balaban J connectivity index is 1.35. The molecule has 0 spiro atoms. The Bertz CT molecular complexity index is 2410. The molecule has 9 rings (SSSR count). The molecular weight excluding hydrogens is 534 g/mol. The topological polar surface area (TPSA) is 30.7 Å². The zero-order chi connectivity index (χ0) is 29.4. The molecule has 44 heavy (non-hydrogen) atoms. The van der Waals surface area contributed by atoms with Crippen LogP contribution in [0.5, 0.6) is 0 Å². The van der Waals surface area contributed by atoms with E-state index in [0.29, 0.717) is 5.82 Å². The maximum Gasteiger partial charge on any atom is 0.162 e. The van der Waals surface area contributed by atoms with Gasteiger partial charge in [0.05, 0.1) is 16.7 Å². The van der Waals surface area contributed by atoms with Crippen LogP contribution >= 0.6 is 0 Å². The highest BCUT2D eigenvalue weighted by Gasteiger charge is 2.36. The summed E-state index contributed by atoms with van der Waals surface area (Å²) in [6.07, 6.45) is 0. The number of aromatic nitrogens is 3. The third-order valence-corrected chi connectivity index (χ3v) is 9.39. The van der Waals surface area contributed by atoms with Crippen LogP contribution < -0.4 is 0 Å². The van der Waals surface area contributed by atoms with Crippen molar-refractivity contribution in [1.82, 2.24) is 14.5 Å². The normalized spacial score (nSPS) is 13.4. The first-order valence-electron chi connectivity index (χ1n) is 15.2. The van der Waals surface area contributed by atoms with E-state index in [9.17, 15) is 0 Å². The average Bonchev–Trinajstić information content (AvgIpc) is 3.52. The Labute approximate surface area is 256 Å². The summed E-state index contributed by atoms with van der Waals surface area (Å²) >= 11 is 0. The van der Waals surface area contributed by atoms with Crippen LogP contribution in [0.4, 0.5) is 0 Å². The molecule has 3 nitrogen and oxygen atoms in total. The van der Waals surface area contributed by atoms with Crippen molar-refractivity contribution >= 4 is 32.6 Å². The van der Waals surface area contributed by atoms with Gasteiger partial charge in [-0.25, -0.2) is 9.97 Å². The van der Waals surface area contributed by atoms with Gasteiger partial charge in [-0.1, -0.05) is 123 Å². The highest BCUT2D eigenvalue weighted by Crippen LogP contribution is 2.51. The van der Waals surface area contributed by atoms with E-state index in [0.717, 1.165) is 33.7 Å². The van der Waals surface area contributed by atoms with E-state index in [1.54, 1.807) is 0 Å². The molecule has 6 aromatic carbocycles. The molecule has 208 valence electrons. The predicted molar refractivity (Wildman–Crippen MR) is 182 cm³/mol. The lowest BCUT2D eigenvalue weighted by atomic mass is 9.82. The fourth-order valence-electron chi connectivity index (χ4n) is 7.17. The first kappa shape index (κ1) is 25.0. The molecule has 0 saturated carbocycles. The third-order valence-electron chi connectivity index (χ3n) is 9.39. The Hall–Kier alpha value is -5.54. The fraction of sp³-hybridized carbons (Fsp3) is 0.0732. The highest BCUT2D eigenvalue weighted by molar-refractivity contribution is 6.11. The standard InChI is InChI=1S/C41H29N3/c1-41(2)34-18-10-8-16-30(34)32-23-33-31-17-9-11-19-37(31)44(38(33)24-35(32)41)39-25-36(27-13-4-3-5-14-27)42-40(43-39)29-21-20-26-12-6-7-15-28(26)22-29/h3-25H,1-2H3. The molecule has 0 aliphatic heterocycles. The summed E-state index contributed by atoms with van der Waals surface area (Å²) in [5.74, 6) is 1.58.